The monoisotopic (exact) mass is 479 g/mol. The van der Waals surface area contributed by atoms with Crippen LogP contribution in [0.1, 0.15) is 35.7 Å². The van der Waals surface area contributed by atoms with Gasteiger partial charge in [0.05, 0.1) is 18.2 Å². The number of piperidine rings is 1. The fraction of sp³-hybridized carbons (Fsp3) is 0.308. The molecule has 0 saturated carbocycles. The number of amides is 1. The van der Waals surface area contributed by atoms with E-state index in [0.29, 0.717) is 36.7 Å². The number of hydrogen-bond acceptors (Lipinski definition) is 6. The number of ether oxygens (including phenoxy) is 1. The minimum atomic E-state index is -0.284. The fourth-order valence-corrected chi connectivity index (χ4v) is 4.64. The van der Waals surface area contributed by atoms with Crippen molar-refractivity contribution in [2.24, 2.45) is 5.92 Å². The molecule has 176 valence electrons. The molecule has 2 heterocycles. The summed E-state index contributed by atoms with van der Waals surface area (Å²) in [6, 6.07) is 17.4. The van der Waals surface area contributed by atoms with Gasteiger partial charge in [-0.25, -0.2) is 4.39 Å². The van der Waals surface area contributed by atoms with Gasteiger partial charge in [-0.2, -0.15) is 0 Å². The molecule has 0 N–H and O–H groups in total. The van der Waals surface area contributed by atoms with Gasteiger partial charge in [0.2, 0.25) is 0 Å². The van der Waals surface area contributed by atoms with E-state index in [4.69, 9.17) is 4.74 Å². The molecule has 6 nitrogen and oxygen atoms in total. The van der Waals surface area contributed by atoms with Gasteiger partial charge in [-0.1, -0.05) is 23.9 Å². The average Bonchev–Trinajstić information content (AvgIpc) is 2.88. The molecule has 1 aromatic heterocycles. The zero-order valence-corrected chi connectivity index (χ0v) is 19.8. The average molecular weight is 480 g/mol. The van der Waals surface area contributed by atoms with Crippen LogP contribution >= 0.6 is 11.8 Å². The first kappa shape index (κ1) is 23.9. The maximum absolute atomic E-state index is 13.1. The summed E-state index contributed by atoms with van der Waals surface area (Å²) in [4.78, 5) is 26.7. The van der Waals surface area contributed by atoms with Gasteiger partial charge in [-0.15, -0.1) is 10.2 Å². The standard InChI is InChI=1S/C26H26FN3O3S/c1-2-33-26(32)21-4-3-15-30(16-21)25(31)20-7-5-18(6-8-20)17-34-24-14-13-23(28-29-24)19-9-11-22(27)12-10-19/h5-14,21H,2-4,15-17H2,1H3. The molecule has 0 bridgehead atoms. The molecule has 34 heavy (non-hydrogen) atoms. The first-order valence-corrected chi connectivity index (χ1v) is 12.3. The van der Waals surface area contributed by atoms with Crippen molar-refractivity contribution in [3.63, 3.8) is 0 Å². The van der Waals surface area contributed by atoms with E-state index >= 15 is 0 Å². The lowest BCUT2D eigenvalue weighted by Crippen LogP contribution is -2.42. The molecular formula is C26H26FN3O3S. The van der Waals surface area contributed by atoms with Crippen molar-refractivity contribution in [3.8, 4) is 11.3 Å². The Morgan fingerprint density at radius 3 is 2.50 bits per heavy atom. The quantitative estimate of drug-likeness (QED) is 0.351. The van der Waals surface area contributed by atoms with E-state index < -0.39 is 0 Å². The van der Waals surface area contributed by atoms with Gasteiger partial charge in [-0.05, 0) is 73.9 Å². The summed E-state index contributed by atoms with van der Waals surface area (Å²) in [7, 11) is 0. The molecule has 1 amide bonds. The van der Waals surface area contributed by atoms with Crippen molar-refractivity contribution in [2.75, 3.05) is 19.7 Å². The topological polar surface area (TPSA) is 72.4 Å². The minimum Gasteiger partial charge on any atom is -0.466 e. The first-order chi connectivity index (χ1) is 16.5. The van der Waals surface area contributed by atoms with Crippen molar-refractivity contribution < 1.29 is 18.7 Å². The highest BCUT2D eigenvalue weighted by atomic mass is 32.2. The summed E-state index contributed by atoms with van der Waals surface area (Å²) >= 11 is 1.55. The van der Waals surface area contributed by atoms with Crippen LogP contribution in [-0.4, -0.2) is 46.7 Å². The smallest absolute Gasteiger partial charge is 0.310 e. The van der Waals surface area contributed by atoms with Crippen LogP contribution < -0.4 is 0 Å². The molecule has 2 aromatic carbocycles. The maximum Gasteiger partial charge on any atom is 0.310 e. The maximum atomic E-state index is 13.1. The third-order valence-corrected chi connectivity index (χ3v) is 6.69. The zero-order valence-electron chi connectivity index (χ0n) is 18.9. The van der Waals surface area contributed by atoms with Crippen LogP contribution in [0, 0.1) is 11.7 Å². The van der Waals surface area contributed by atoms with Crippen LogP contribution in [0.15, 0.2) is 65.7 Å². The Morgan fingerprint density at radius 1 is 1.06 bits per heavy atom. The number of halogens is 1. The van der Waals surface area contributed by atoms with Crippen LogP contribution in [-0.2, 0) is 15.3 Å². The molecule has 1 aliphatic rings. The number of nitrogens with zero attached hydrogens (tertiary/aromatic N) is 3. The Labute approximate surface area is 202 Å². The molecule has 1 saturated heterocycles. The number of aromatic nitrogens is 2. The minimum absolute atomic E-state index is 0.0598. The number of rotatable bonds is 7. The molecule has 0 spiro atoms. The second-order valence-electron chi connectivity index (χ2n) is 8.09. The molecule has 0 aliphatic carbocycles. The first-order valence-electron chi connectivity index (χ1n) is 11.3. The number of carbonyl (C=O) groups excluding carboxylic acids is 2. The van der Waals surface area contributed by atoms with E-state index in [0.717, 1.165) is 29.0 Å². The van der Waals surface area contributed by atoms with Crippen molar-refractivity contribution >= 4 is 23.6 Å². The summed E-state index contributed by atoms with van der Waals surface area (Å²) in [6.45, 7) is 3.20. The molecule has 0 radical (unpaired) electrons. The van der Waals surface area contributed by atoms with Crippen LogP contribution in [0.2, 0.25) is 0 Å². The normalized spacial score (nSPS) is 15.7. The summed E-state index contributed by atoms with van der Waals surface area (Å²) in [5.74, 6) is -0.123. The largest absolute Gasteiger partial charge is 0.466 e. The molecule has 1 unspecified atom stereocenters. The van der Waals surface area contributed by atoms with Crippen LogP contribution in [0.4, 0.5) is 4.39 Å². The number of thioether (sulfide) groups is 1. The Kier molecular flexibility index (Phi) is 7.90. The summed E-state index contributed by atoms with van der Waals surface area (Å²) in [5, 5.41) is 9.27. The van der Waals surface area contributed by atoms with E-state index in [1.807, 2.05) is 36.4 Å². The summed E-state index contributed by atoms with van der Waals surface area (Å²) < 4.78 is 18.2. The number of hydrogen-bond donors (Lipinski definition) is 0. The SMILES string of the molecule is CCOC(=O)C1CCCN(C(=O)c2ccc(CSc3ccc(-c4ccc(F)cc4)nn3)cc2)C1. The zero-order chi connectivity index (χ0) is 23.9. The lowest BCUT2D eigenvalue weighted by Gasteiger charge is -2.31. The molecule has 4 rings (SSSR count). The summed E-state index contributed by atoms with van der Waals surface area (Å²) in [5.41, 5.74) is 3.18. The van der Waals surface area contributed by atoms with Gasteiger partial charge in [-0.3, -0.25) is 9.59 Å². The van der Waals surface area contributed by atoms with E-state index in [1.54, 1.807) is 35.7 Å². The van der Waals surface area contributed by atoms with E-state index in [-0.39, 0.29) is 23.6 Å². The van der Waals surface area contributed by atoms with Gasteiger partial charge in [0, 0.05) is 30.0 Å². The molecule has 1 atom stereocenters. The Morgan fingerprint density at radius 2 is 1.82 bits per heavy atom. The highest BCUT2D eigenvalue weighted by Gasteiger charge is 2.29. The second-order valence-corrected chi connectivity index (χ2v) is 9.09. The molecule has 1 aliphatic heterocycles. The molecular weight excluding hydrogens is 453 g/mol. The van der Waals surface area contributed by atoms with E-state index in [1.165, 1.54) is 12.1 Å². The lowest BCUT2D eigenvalue weighted by atomic mass is 9.97. The van der Waals surface area contributed by atoms with Gasteiger partial charge in [0.1, 0.15) is 10.8 Å². The fourth-order valence-electron chi connectivity index (χ4n) is 3.87. The molecule has 3 aromatic rings. The second kappa shape index (κ2) is 11.2. The van der Waals surface area contributed by atoms with Crippen LogP contribution in [0.5, 0.6) is 0 Å². The Bertz CT molecular complexity index is 1120. The highest BCUT2D eigenvalue weighted by Crippen LogP contribution is 2.24. The van der Waals surface area contributed by atoms with Gasteiger partial charge in [0.25, 0.3) is 5.91 Å². The molecule has 8 heteroatoms. The third kappa shape index (κ3) is 5.99. The van der Waals surface area contributed by atoms with E-state index in [2.05, 4.69) is 10.2 Å². The lowest BCUT2D eigenvalue weighted by molar-refractivity contribution is -0.149. The Balaban J connectivity index is 1.31. The predicted octanol–water partition coefficient (Wildman–Crippen LogP) is 4.99. The van der Waals surface area contributed by atoms with E-state index in [9.17, 15) is 14.0 Å². The van der Waals surface area contributed by atoms with Gasteiger partial charge in [0.15, 0.2) is 0 Å². The molecule has 1 fully saturated rings. The third-order valence-electron chi connectivity index (χ3n) is 5.70. The van der Waals surface area contributed by atoms with Gasteiger partial charge >= 0.3 is 5.97 Å². The van der Waals surface area contributed by atoms with Crippen molar-refractivity contribution in [2.45, 2.75) is 30.5 Å². The van der Waals surface area contributed by atoms with Crippen molar-refractivity contribution in [1.29, 1.82) is 0 Å². The van der Waals surface area contributed by atoms with Crippen LogP contribution in [0.25, 0.3) is 11.3 Å². The van der Waals surface area contributed by atoms with Gasteiger partial charge < -0.3 is 9.64 Å². The number of esters is 1. The highest BCUT2D eigenvalue weighted by molar-refractivity contribution is 7.98. The number of benzene rings is 2. The number of likely N-dealkylation sites (tertiary alicyclic amines) is 1. The Hall–Kier alpha value is -3.26. The van der Waals surface area contributed by atoms with Crippen molar-refractivity contribution in [1.82, 2.24) is 15.1 Å². The van der Waals surface area contributed by atoms with Crippen molar-refractivity contribution in [3.05, 3.63) is 77.6 Å². The number of carbonyl (C=O) groups is 2. The predicted molar refractivity (Wildman–Crippen MR) is 129 cm³/mol. The summed E-state index contributed by atoms with van der Waals surface area (Å²) in [6.07, 6.45) is 1.55. The van der Waals surface area contributed by atoms with Crippen LogP contribution in [0.3, 0.4) is 0 Å².